The van der Waals surface area contributed by atoms with Crippen molar-refractivity contribution in [2.45, 2.75) is 38.4 Å². The lowest BCUT2D eigenvalue weighted by atomic mass is 9.89. The molecule has 1 spiro atoms. The highest BCUT2D eigenvalue weighted by Gasteiger charge is 2.56. The molecule has 2 amide bonds. The largest absolute Gasteiger partial charge is 0.366 e. The number of benzene rings is 1. The highest BCUT2D eigenvalue weighted by molar-refractivity contribution is 6.30. The van der Waals surface area contributed by atoms with Crippen molar-refractivity contribution in [1.29, 1.82) is 0 Å². The summed E-state index contributed by atoms with van der Waals surface area (Å²) in [5.41, 5.74) is 1.07. The fourth-order valence-electron chi connectivity index (χ4n) is 4.33. The Morgan fingerprint density at radius 2 is 1.93 bits per heavy atom. The SMILES string of the molecule is CC(C)N1CC(=O)N(Cc2ccc(Cl)cc2)[C@]2(CCN(c3cnn(C)c3)C2)C1=O. The molecule has 1 aromatic heterocycles. The molecule has 0 bridgehead atoms. The predicted octanol–water partition coefficient (Wildman–Crippen LogP) is 2.30. The summed E-state index contributed by atoms with van der Waals surface area (Å²) in [5.74, 6) is 0.0220. The van der Waals surface area contributed by atoms with Gasteiger partial charge in [-0.2, -0.15) is 5.10 Å². The van der Waals surface area contributed by atoms with Gasteiger partial charge in [-0.25, -0.2) is 0 Å². The minimum atomic E-state index is -0.866. The van der Waals surface area contributed by atoms with Crippen molar-refractivity contribution >= 4 is 29.1 Å². The normalized spacial score (nSPS) is 22.4. The van der Waals surface area contributed by atoms with E-state index in [1.807, 2.05) is 51.4 Å². The summed E-state index contributed by atoms with van der Waals surface area (Å²) < 4.78 is 1.75. The highest BCUT2D eigenvalue weighted by atomic mass is 35.5. The van der Waals surface area contributed by atoms with Gasteiger partial charge in [0.15, 0.2) is 0 Å². The van der Waals surface area contributed by atoms with E-state index in [9.17, 15) is 9.59 Å². The predicted molar refractivity (Wildman–Crippen MR) is 112 cm³/mol. The molecule has 2 aliphatic heterocycles. The van der Waals surface area contributed by atoms with E-state index in [2.05, 4.69) is 10.00 Å². The number of hydrogen-bond donors (Lipinski definition) is 0. The van der Waals surface area contributed by atoms with Crippen molar-refractivity contribution in [3.05, 3.63) is 47.2 Å². The number of aromatic nitrogens is 2. The van der Waals surface area contributed by atoms with Gasteiger partial charge < -0.3 is 14.7 Å². The maximum absolute atomic E-state index is 13.6. The van der Waals surface area contributed by atoms with Crippen LogP contribution in [0.4, 0.5) is 5.69 Å². The van der Waals surface area contributed by atoms with Gasteiger partial charge in [0, 0.05) is 37.4 Å². The molecule has 2 saturated heterocycles. The number of piperazine rings is 1. The van der Waals surface area contributed by atoms with E-state index in [0.717, 1.165) is 11.3 Å². The molecule has 0 N–H and O–H groups in total. The zero-order valence-electron chi connectivity index (χ0n) is 17.0. The van der Waals surface area contributed by atoms with Crippen LogP contribution < -0.4 is 4.90 Å². The van der Waals surface area contributed by atoms with Gasteiger partial charge in [-0.15, -0.1) is 0 Å². The van der Waals surface area contributed by atoms with E-state index in [1.165, 1.54) is 0 Å². The summed E-state index contributed by atoms with van der Waals surface area (Å²) >= 11 is 6.01. The van der Waals surface area contributed by atoms with E-state index >= 15 is 0 Å². The maximum Gasteiger partial charge on any atom is 0.251 e. The number of nitrogens with zero attached hydrogens (tertiary/aromatic N) is 5. The Kier molecular flexibility index (Phi) is 5.02. The Morgan fingerprint density at radius 3 is 2.55 bits per heavy atom. The number of halogens is 1. The Hall–Kier alpha value is -2.54. The third kappa shape index (κ3) is 3.48. The van der Waals surface area contributed by atoms with Crippen molar-refractivity contribution < 1.29 is 9.59 Å². The quantitative estimate of drug-likeness (QED) is 0.768. The second kappa shape index (κ2) is 7.37. The van der Waals surface area contributed by atoms with Crippen molar-refractivity contribution in [3.8, 4) is 0 Å². The first-order chi connectivity index (χ1) is 13.8. The topological polar surface area (TPSA) is 61.7 Å². The molecule has 0 saturated carbocycles. The second-order valence-electron chi connectivity index (χ2n) is 8.21. The molecular weight excluding hydrogens is 390 g/mol. The molecule has 7 nitrogen and oxygen atoms in total. The van der Waals surface area contributed by atoms with Gasteiger partial charge >= 0.3 is 0 Å². The first-order valence-electron chi connectivity index (χ1n) is 9.90. The third-order valence-electron chi connectivity index (χ3n) is 5.96. The number of amides is 2. The van der Waals surface area contributed by atoms with E-state index < -0.39 is 5.54 Å². The third-order valence-corrected chi connectivity index (χ3v) is 6.22. The first kappa shape index (κ1) is 19.8. The average molecular weight is 416 g/mol. The number of carbonyl (C=O) groups excluding carboxylic acids is 2. The van der Waals surface area contributed by atoms with Gasteiger partial charge in [-0.1, -0.05) is 23.7 Å². The Labute approximate surface area is 175 Å². The summed E-state index contributed by atoms with van der Waals surface area (Å²) in [6.07, 6.45) is 4.35. The molecule has 0 aliphatic carbocycles. The lowest BCUT2D eigenvalue weighted by molar-refractivity contribution is -0.166. The monoisotopic (exact) mass is 415 g/mol. The zero-order valence-corrected chi connectivity index (χ0v) is 17.8. The number of hydrogen-bond acceptors (Lipinski definition) is 4. The fraction of sp³-hybridized carbons (Fsp3) is 0.476. The number of rotatable bonds is 4. The van der Waals surface area contributed by atoms with E-state index in [-0.39, 0.29) is 24.4 Å². The molecule has 1 aromatic carbocycles. The van der Waals surface area contributed by atoms with E-state index in [0.29, 0.717) is 31.1 Å². The zero-order chi connectivity index (χ0) is 20.8. The standard InChI is InChI=1S/C21H26ClN5O2/c1-15(2)26-13-19(28)27(11-16-4-6-17(22)7-5-16)21(20(26)29)8-9-25(14-21)18-10-23-24(3)12-18/h4-7,10,12,15H,8-9,11,13-14H2,1-3H3/t21-/m0/s1. The lowest BCUT2D eigenvalue weighted by Gasteiger charge is -2.48. The Morgan fingerprint density at radius 1 is 1.21 bits per heavy atom. The van der Waals surface area contributed by atoms with Crippen LogP contribution >= 0.6 is 11.6 Å². The molecule has 2 aliphatic rings. The molecule has 2 fully saturated rings. The van der Waals surface area contributed by atoms with Crippen molar-refractivity contribution in [2.24, 2.45) is 7.05 Å². The fourth-order valence-corrected chi connectivity index (χ4v) is 4.46. The van der Waals surface area contributed by atoms with Crippen LogP contribution in [0.15, 0.2) is 36.7 Å². The first-order valence-corrected chi connectivity index (χ1v) is 10.3. The van der Waals surface area contributed by atoms with Crippen molar-refractivity contribution in [1.82, 2.24) is 19.6 Å². The molecule has 154 valence electrons. The van der Waals surface area contributed by atoms with Crippen LogP contribution in [0.3, 0.4) is 0 Å². The highest BCUT2D eigenvalue weighted by Crippen LogP contribution is 2.37. The molecule has 0 radical (unpaired) electrons. The van der Waals surface area contributed by atoms with Crippen molar-refractivity contribution in [3.63, 3.8) is 0 Å². The average Bonchev–Trinajstić information content (AvgIpc) is 3.31. The van der Waals surface area contributed by atoms with Gasteiger partial charge in [-0.3, -0.25) is 14.3 Å². The summed E-state index contributed by atoms with van der Waals surface area (Å²) in [6, 6.07) is 7.44. The van der Waals surface area contributed by atoms with Gasteiger partial charge in [0.1, 0.15) is 12.1 Å². The molecule has 2 aromatic rings. The minimum absolute atomic E-state index is 0.0127. The van der Waals surface area contributed by atoms with Crippen molar-refractivity contribution in [2.75, 3.05) is 24.5 Å². The van der Waals surface area contributed by atoms with Gasteiger partial charge in [0.2, 0.25) is 5.91 Å². The Balaban J connectivity index is 1.69. The van der Waals surface area contributed by atoms with Gasteiger partial charge in [0.25, 0.3) is 5.91 Å². The number of anilines is 1. The number of carbonyl (C=O) groups is 2. The smallest absolute Gasteiger partial charge is 0.251 e. The Bertz CT molecular complexity index is 925. The number of aryl methyl sites for hydroxylation is 1. The van der Waals surface area contributed by atoms with Crippen LogP contribution in [-0.2, 0) is 23.2 Å². The van der Waals surface area contributed by atoms with E-state index in [4.69, 9.17) is 11.6 Å². The molecular formula is C21H26ClN5O2. The van der Waals surface area contributed by atoms with Crippen LogP contribution in [0.25, 0.3) is 0 Å². The molecule has 1 atom stereocenters. The lowest BCUT2D eigenvalue weighted by Crippen LogP contribution is -2.69. The van der Waals surface area contributed by atoms with Crippen LogP contribution in [0, 0.1) is 0 Å². The molecule has 8 heteroatoms. The molecule has 4 rings (SSSR count). The molecule has 0 unspecified atom stereocenters. The van der Waals surface area contributed by atoms with Crippen LogP contribution in [-0.4, -0.2) is 62.6 Å². The second-order valence-corrected chi connectivity index (χ2v) is 8.64. The maximum atomic E-state index is 13.6. The minimum Gasteiger partial charge on any atom is -0.366 e. The van der Waals surface area contributed by atoms with Gasteiger partial charge in [0.05, 0.1) is 18.4 Å². The summed E-state index contributed by atoms with van der Waals surface area (Å²) in [5, 5.41) is 4.91. The van der Waals surface area contributed by atoms with Gasteiger partial charge in [-0.05, 0) is 38.0 Å². The van der Waals surface area contributed by atoms with Crippen LogP contribution in [0.2, 0.25) is 5.02 Å². The van der Waals surface area contributed by atoms with Crippen LogP contribution in [0.1, 0.15) is 25.8 Å². The van der Waals surface area contributed by atoms with Crippen LogP contribution in [0.5, 0.6) is 0 Å². The molecule has 29 heavy (non-hydrogen) atoms. The van der Waals surface area contributed by atoms with E-state index in [1.54, 1.807) is 20.7 Å². The summed E-state index contributed by atoms with van der Waals surface area (Å²) in [6.45, 7) is 5.62. The summed E-state index contributed by atoms with van der Waals surface area (Å²) in [4.78, 5) is 32.5. The molecule has 3 heterocycles. The summed E-state index contributed by atoms with van der Waals surface area (Å²) in [7, 11) is 1.87.